The summed E-state index contributed by atoms with van der Waals surface area (Å²) in [6.45, 7) is 8.16. The zero-order chi connectivity index (χ0) is 22.5. The summed E-state index contributed by atoms with van der Waals surface area (Å²) in [4.78, 5) is 36.3. The molecule has 3 aliphatic heterocycles. The molecule has 0 aromatic carbocycles. The van der Waals surface area contributed by atoms with Crippen LogP contribution in [0.3, 0.4) is 0 Å². The third-order valence-electron chi connectivity index (χ3n) is 6.26. The minimum absolute atomic E-state index is 0.176. The fourth-order valence-electron chi connectivity index (χ4n) is 4.41. The molecule has 1 aliphatic carbocycles. The Labute approximate surface area is 179 Å². The van der Waals surface area contributed by atoms with Crippen LogP contribution in [-0.4, -0.2) is 72.3 Å². The van der Waals surface area contributed by atoms with Crippen LogP contribution in [0.15, 0.2) is 35.5 Å². The molecular formula is C22H26O9. The smallest absolute Gasteiger partial charge is 0.337 e. The van der Waals surface area contributed by atoms with E-state index in [2.05, 4.69) is 6.58 Å². The average molecular weight is 434 g/mol. The van der Waals surface area contributed by atoms with Crippen molar-refractivity contribution in [1.82, 2.24) is 0 Å². The molecule has 0 aromatic heterocycles. The Hall–Kier alpha value is -2.49. The van der Waals surface area contributed by atoms with Crippen LogP contribution < -0.4 is 0 Å². The Morgan fingerprint density at radius 1 is 1.42 bits per heavy atom. The van der Waals surface area contributed by atoms with Crippen LogP contribution in [0.4, 0.5) is 0 Å². The summed E-state index contributed by atoms with van der Waals surface area (Å²) in [7, 11) is 0. The highest BCUT2D eigenvalue weighted by molar-refractivity contribution is 5.92. The first-order valence-electron chi connectivity index (χ1n) is 10.2. The molecule has 3 saturated heterocycles. The van der Waals surface area contributed by atoms with Crippen LogP contribution in [0.2, 0.25) is 0 Å². The summed E-state index contributed by atoms with van der Waals surface area (Å²) in [6.07, 6.45) is 1.23. The maximum absolute atomic E-state index is 12.8. The van der Waals surface area contributed by atoms with E-state index in [1.807, 2.05) is 6.92 Å². The summed E-state index contributed by atoms with van der Waals surface area (Å²) < 4.78 is 27.8. The van der Waals surface area contributed by atoms with Gasteiger partial charge in [-0.25, -0.2) is 9.59 Å². The maximum atomic E-state index is 12.8. The van der Waals surface area contributed by atoms with Crippen molar-refractivity contribution in [3.8, 4) is 0 Å². The van der Waals surface area contributed by atoms with Gasteiger partial charge in [-0.3, -0.25) is 4.79 Å². The Balaban J connectivity index is 1.63. The molecule has 0 unspecified atom stereocenters. The second-order valence-corrected chi connectivity index (χ2v) is 8.44. The highest BCUT2D eigenvalue weighted by Crippen LogP contribution is 2.53. The quantitative estimate of drug-likeness (QED) is 0.219. The standard InChI is InChI=1S/C22H26O9/c1-5-12(9-27-11(3)24)21(26)29-15-7-22(4)19(31-22)18-17(30-18)13(8-23)6-14-16(15)10(2)20(25)28-14/h5-6,14-19,23H,2,7-9H2,1,3-4H3/b12-5+,13-6-/t14-,15-,16+,17+,18+,19+,22-/m1/s1. The number of rotatable bonds is 5. The van der Waals surface area contributed by atoms with Crippen molar-refractivity contribution in [1.29, 1.82) is 0 Å². The van der Waals surface area contributed by atoms with E-state index in [-0.39, 0.29) is 42.7 Å². The Bertz CT molecular complexity index is 887. The molecule has 9 heteroatoms. The molecule has 0 aromatic rings. The molecule has 9 nitrogen and oxygen atoms in total. The molecule has 3 fully saturated rings. The summed E-state index contributed by atoms with van der Waals surface area (Å²) in [5.74, 6) is -2.41. The fraction of sp³-hybridized carbons (Fsp3) is 0.591. The van der Waals surface area contributed by atoms with Gasteiger partial charge in [-0.05, 0) is 25.5 Å². The van der Waals surface area contributed by atoms with E-state index in [9.17, 15) is 19.5 Å². The summed E-state index contributed by atoms with van der Waals surface area (Å²) in [6, 6.07) is 0. The van der Waals surface area contributed by atoms with E-state index in [0.29, 0.717) is 12.0 Å². The van der Waals surface area contributed by atoms with Crippen molar-refractivity contribution in [3.63, 3.8) is 0 Å². The van der Waals surface area contributed by atoms with Crippen molar-refractivity contribution >= 4 is 17.9 Å². The van der Waals surface area contributed by atoms with Gasteiger partial charge in [0, 0.05) is 18.9 Å². The van der Waals surface area contributed by atoms with Gasteiger partial charge in [0.2, 0.25) is 0 Å². The van der Waals surface area contributed by atoms with Gasteiger partial charge < -0.3 is 28.8 Å². The van der Waals surface area contributed by atoms with Crippen LogP contribution >= 0.6 is 0 Å². The SMILES string of the molecule is C=C1C(=O)O[C@@H]2/C=C(/CO)[C@@H]3O[C@@H]3[C@@H]3O[C@]3(C)C[C@@H](OC(=O)/C(=C/C)COC(C)=O)[C@@H]12. The van der Waals surface area contributed by atoms with Crippen LogP contribution in [0.25, 0.3) is 0 Å². The van der Waals surface area contributed by atoms with Crippen molar-refractivity contribution in [2.75, 3.05) is 13.2 Å². The molecule has 4 rings (SSSR count). The van der Waals surface area contributed by atoms with E-state index in [1.54, 1.807) is 13.0 Å². The fourth-order valence-corrected chi connectivity index (χ4v) is 4.41. The second kappa shape index (κ2) is 7.89. The van der Waals surface area contributed by atoms with Gasteiger partial charge in [-0.2, -0.15) is 0 Å². The zero-order valence-corrected chi connectivity index (χ0v) is 17.7. The highest BCUT2D eigenvalue weighted by Gasteiger charge is 2.67. The number of aliphatic hydroxyl groups is 1. The molecule has 0 bridgehead atoms. The third-order valence-corrected chi connectivity index (χ3v) is 6.26. The monoisotopic (exact) mass is 434 g/mol. The van der Waals surface area contributed by atoms with Gasteiger partial charge in [0.15, 0.2) is 0 Å². The summed E-state index contributed by atoms with van der Waals surface area (Å²) in [5.41, 5.74) is 0.338. The largest absolute Gasteiger partial charge is 0.461 e. The van der Waals surface area contributed by atoms with Crippen molar-refractivity contribution in [2.24, 2.45) is 5.92 Å². The lowest BCUT2D eigenvalue weighted by molar-refractivity contribution is -0.150. The molecule has 0 radical (unpaired) electrons. The van der Waals surface area contributed by atoms with E-state index < -0.39 is 41.6 Å². The Kier molecular flexibility index (Phi) is 5.53. The van der Waals surface area contributed by atoms with E-state index in [0.717, 1.165) is 0 Å². The number of carbonyl (C=O) groups is 3. The average Bonchev–Trinajstić information content (AvgIpc) is 3.59. The molecule has 0 spiro atoms. The first kappa shape index (κ1) is 21.7. The molecule has 7 atom stereocenters. The first-order chi connectivity index (χ1) is 14.7. The lowest BCUT2D eigenvalue weighted by Crippen LogP contribution is -2.38. The van der Waals surface area contributed by atoms with Gasteiger partial charge in [0.1, 0.15) is 37.1 Å². The third kappa shape index (κ3) is 4.05. The number of esters is 3. The minimum Gasteiger partial charge on any atom is -0.461 e. The molecule has 31 heavy (non-hydrogen) atoms. The minimum atomic E-state index is -0.787. The number of aliphatic hydroxyl groups excluding tert-OH is 1. The predicted molar refractivity (Wildman–Crippen MR) is 105 cm³/mol. The van der Waals surface area contributed by atoms with Gasteiger partial charge >= 0.3 is 17.9 Å². The molecule has 1 N–H and O–H groups in total. The van der Waals surface area contributed by atoms with E-state index >= 15 is 0 Å². The molecule has 0 amide bonds. The number of carbonyl (C=O) groups excluding carboxylic acids is 3. The van der Waals surface area contributed by atoms with Crippen LogP contribution in [0.1, 0.15) is 27.2 Å². The molecular weight excluding hydrogens is 408 g/mol. The maximum Gasteiger partial charge on any atom is 0.337 e. The molecule has 4 aliphatic rings. The van der Waals surface area contributed by atoms with Gasteiger partial charge in [-0.15, -0.1) is 0 Å². The number of ether oxygens (including phenoxy) is 5. The number of hydrogen-bond acceptors (Lipinski definition) is 9. The van der Waals surface area contributed by atoms with Gasteiger partial charge in [0.25, 0.3) is 0 Å². The number of hydrogen-bond donors (Lipinski definition) is 1. The van der Waals surface area contributed by atoms with Gasteiger partial charge in [0.05, 0.1) is 23.7 Å². The second-order valence-electron chi connectivity index (χ2n) is 8.44. The summed E-state index contributed by atoms with van der Waals surface area (Å²) >= 11 is 0. The van der Waals surface area contributed by atoms with E-state index in [4.69, 9.17) is 23.7 Å². The van der Waals surface area contributed by atoms with Crippen LogP contribution in [-0.2, 0) is 38.1 Å². The molecule has 0 saturated carbocycles. The molecule has 3 heterocycles. The zero-order valence-electron chi connectivity index (χ0n) is 17.7. The lowest BCUT2D eigenvalue weighted by Gasteiger charge is -2.28. The Morgan fingerprint density at radius 2 is 2.16 bits per heavy atom. The van der Waals surface area contributed by atoms with Crippen molar-refractivity contribution in [2.45, 2.75) is 63.3 Å². The van der Waals surface area contributed by atoms with Crippen LogP contribution in [0.5, 0.6) is 0 Å². The van der Waals surface area contributed by atoms with Crippen molar-refractivity contribution < 1.29 is 43.2 Å². The summed E-state index contributed by atoms with van der Waals surface area (Å²) in [5, 5.41) is 9.82. The normalized spacial score (nSPS) is 40.4. The first-order valence-corrected chi connectivity index (χ1v) is 10.2. The van der Waals surface area contributed by atoms with Crippen LogP contribution in [0, 0.1) is 5.92 Å². The number of fused-ring (bicyclic) bond motifs is 4. The topological polar surface area (TPSA) is 124 Å². The Morgan fingerprint density at radius 3 is 2.81 bits per heavy atom. The van der Waals surface area contributed by atoms with Crippen molar-refractivity contribution in [3.05, 3.63) is 35.5 Å². The highest BCUT2D eigenvalue weighted by atomic mass is 16.7. The number of allylic oxidation sites excluding steroid dienone is 1. The lowest BCUT2D eigenvalue weighted by atomic mass is 9.82. The predicted octanol–water partition coefficient (Wildman–Crippen LogP) is 0.753. The van der Waals surface area contributed by atoms with E-state index in [1.165, 1.54) is 13.0 Å². The number of epoxide rings is 2. The van der Waals surface area contributed by atoms with Gasteiger partial charge in [-0.1, -0.05) is 12.7 Å². The molecule has 168 valence electrons.